The zero-order chi connectivity index (χ0) is 15.5. The lowest BCUT2D eigenvalue weighted by molar-refractivity contribution is 0.318. The molecule has 3 rings (SSSR count). The van der Waals surface area contributed by atoms with Gasteiger partial charge in [-0.1, -0.05) is 30.3 Å². The van der Waals surface area contributed by atoms with Crippen molar-refractivity contribution in [2.45, 2.75) is 20.1 Å². The van der Waals surface area contributed by atoms with E-state index in [-0.39, 0.29) is 6.29 Å². The van der Waals surface area contributed by atoms with Gasteiger partial charge in [-0.2, -0.15) is 5.10 Å². The summed E-state index contributed by atoms with van der Waals surface area (Å²) in [5.41, 5.74) is 4.32. The Kier molecular flexibility index (Phi) is 3.96. The second-order valence-electron chi connectivity index (χ2n) is 5.41. The SMILES string of the molecule is CCN1C=C(C)C(c2ccccc2)=NC1Nc1cnn(C)c1. The molecule has 2 heterocycles. The van der Waals surface area contributed by atoms with Crippen LogP contribution in [0.2, 0.25) is 0 Å². The van der Waals surface area contributed by atoms with E-state index >= 15 is 0 Å². The molecule has 5 nitrogen and oxygen atoms in total. The number of nitrogens with one attached hydrogen (secondary N) is 1. The summed E-state index contributed by atoms with van der Waals surface area (Å²) in [6, 6.07) is 10.3. The number of hydrogen-bond acceptors (Lipinski definition) is 4. The molecule has 114 valence electrons. The number of allylic oxidation sites excluding steroid dienone is 1. The second kappa shape index (κ2) is 6.05. The summed E-state index contributed by atoms with van der Waals surface area (Å²) in [5.74, 6) is 0. The van der Waals surface area contributed by atoms with Crippen LogP contribution in [0.3, 0.4) is 0 Å². The van der Waals surface area contributed by atoms with Crippen LogP contribution in [0.4, 0.5) is 5.69 Å². The van der Waals surface area contributed by atoms with E-state index in [9.17, 15) is 0 Å². The van der Waals surface area contributed by atoms with Gasteiger partial charge in [-0.15, -0.1) is 0 Å². The van der Waals surface area contributed by atoms with Crippen molar-refractivity contribution in [1.82, 2.24) is 14.7 Å². The maximum atomic E-state index is 4.92. The number of benzene rings is 1. The Morgan fingerprint density at radius 1 is 1.23 bits per heavy atom. The largest absolute Gasteiger partial charge is 0.344 e. The van der Waals surface area contributed by atoms with E-state index in [1.807, 2.05) is 37.6 Å². The van der Waals surface area contributed by atoms with Gasteiger partial charge in [0.2, 0.25) is 0 Å². The van der Waals surface area contributed by atoms with Gasteiger partial charge in [0.15, 0.2) is 6.29 Å². The molecule has 0 aliphatic carbocycles. The summed E-state index contributed by atoms with van der Waals surface area (Å²) in [5, 5.41) is 7.63. The van der Waals surface area contributed by atoms with E-state index in [1.165, 1.54) is 5.57 Å². The number of hydrogen-bond donors (Lipinski definition) is 1. The molecular weight excluding hydrogens is 274 g/mol. The van der Waals surface area contributed by atoms with Crippen molar-refractivity contribution in [3.05, 3.63) is 60.1 Å². The Morgan fingerprint density at radius 3 is 2.64 bits per heavy atom. The lowest BCUT2D eigenvalue weighted by Crippen LogP contribution is -2.39. The van der Waals surface area contributed by atoms with Gasteiger partial charge >= 0.3 is 0 Å². The molecule has 0 saturated heterocycles. The topological polar surface area (TPSA) is 45.4 Å². The molecule has 1 N–H and O–H groups in total. The van der Waals surface area contributed by atoms with Crippen molar-refractivity contribution < 1.29 is 0 Å². The number of aliphatic imine (C=N–C) groups is 1. The highest BCUT2D eigenvalue weighted by molar-refractivity contribution is 6.12. The van der Waals surface area contributed by atoms with Crippen molar-refractivity contribution in [3.8, 4) is 0 Å². The summed E-state index contributed by atoms with van der Waals surface area (Å²) in [6.45, 7) is 5.13. The molecule has 1 aliphatic heterocycles. The van der Waals surface area contributed by atoms with E-state index in [4.69, 9.17) is 4.99 Å². The average molecular weight is 295 g/mol. The molecule has 22 heavy (non-hydrogen) atoms. The number of anilines is 1. The first kappa shape index (κ1) is 14.4. The van der Waals surface area contributed by atoms with E-state index in [0.717, 1.165) is 23.5 Å². The first-order valence-electron chi connectivity index (χ1n) is 7.50. The molecule has 1 unspecified atom stereocenters. The Morgan fingerprint density at radius 2 is 2.00 bits per heavy atom. The molecule has 0 amide bonds. The van der Waals surface area contributed by atoms with Crippen LogP contribution in [0, 0.1) is 0 Å². The van der Waals surface area contributed by atoms with Gasteiger partial charge in [-0.25, -0.2) is 4.99 Å². The van der Waals surface area contributed by atoms with E-state index < -0.39 is 0 Å². The van der Waals surface area contributed by atoms with Crippen molar-refractivity contribution in [1.29, 1.82) is 0 Å². The lowest BCUT2D eigenvalue weighted by atomic mass is 10.0. The highest BCUT2D eigenvalue weighted by Crippen LogP contribution is 2.20. The monoisotopic (exact) mass is 295 g/mol. The average Bonchev–Trinajstić information content (AvgIpc) is 2.94. The fourth-order valence-electron chi connectivity index (χ4n) is 2.60. The number of aryl methyl sites for hydroxylation is 1. The highest BCUT2D eigenvalue weighted by Gasteiger charge is 2.21. The molecule has 0 saturated carbocycles. The van der Waals surface area contributed by atoms with Gasteiger partial charge in [0.25, 0.3) is 0 Å². The minimum atomic E-state index is -0.117. The third-order valence-corrected chi connectivity index (χ3v) is 3.71. The minimum absolute atomic E-state index is 0.117. The van der Waals surface area contributed by atoms with Crippen molar-refractivity contribution in [2.24, 2.45) is 12.0 Å². The Hall–Kier alpha value is -2.56. The van der Waals surface area contributed by atoms with E-state index in [0.29, 0.717) is 0 Å². The molecule has 2 aromatic rings. The molecular formula is C17H21N5. The summed E-state index contributed by atoms with van der Waals surface area (Å²) in [6.07, 6.45) is 5.82. The molecule has 1 aromatic carbocycles. The van der Waals surface area contributed by atoms with Crippen LogP contribution in [0.25, 0.3) is 0 Å². The predicted octanol–water partition coefficient (Wildman–Crippen LogP) is 2.84. The Balaban J connectivity index is 1.91. The summed E-state index contributed by atoms with van der Waals surface area (Å²) < 4.78 is 1.78. The van der Waals surface area contributed by atoms with E-state index in [1.54, 1.807) is 4.68 Å². The third kappa shape index (κ3) is 2.88. The maximum absolute atomic E-state index is 4.92. The van der Waals surface area contributed by atoms with Gasteiger partial charge in [0.05, 0.1) is 17.6 Å². The van der Waals surface area contributed by atoms with Crippen molar-refractivity contribution in [3.63, 3.8) is 0 Å². The molecule has 0 bridgehead atoms. The lowest BCUT2D eigenvalue weighted by Gasteiger charge is -2.32. The highest BCUT2D eigenvalue weighted by atomic mass is 15.4. The Bertz CT molecular complexity index is 699. The molecule has 1 atom stereocenters. The van der Waals surface area contributed by atoms with Gasteiger partial charge in [0.1, 0.15) is 0 Å². The molecule has 0 fully saturated rings. The van der Waals surface area contributed by atoms with Crippen LogP contribution >= 0.6 is 0 Å². The fourth-order valence-corrected chi connectivity index (χ4v) is 2.60. The van der Waals surface area contributed by atoms with Crippen LogP contribution in [0.15, 0.2) is 59.5 Å². The summed E-state index contributed by atoms with van der Waals surface area (Å²) >= 11 is 0. The van der Waals surface area contributed by atoms with Gasteiger partial charge in [0, 0.05) is 31.6 Å². The van der Waals surface area contributed by atoms with Crippen LogP contribution in [-0.2, 0) is 7.05 Å². The van der Waals surface area contributed by atoms with Crippen LogP contribution in [0.5, 0.6) is 0 Å². The van der Waals surface area contributed by atoms with Gasteiger partial charge in [-0.05, 0) is 19.4 Å². The van der Waals surface area contributed by atoms with Crippen LogP contribution in [0.1, 0.15) is 19.4 Å². The minimum Gasteiger partial charge on any atom is -0.344 e. The van der Waals surface area contributed by atoms with Gasteiger partial charge in [-0.3, -0.25) is 4.68 Å². The van der Waals surface area contributed by atoms with Crippen LogP contribution in [-0.4, -0.2) is 33.2 Å². The Labute approximate surface area is 131 Å². The smallest absolute Gasteiger partial charge is 0.196 e. The zero-order valence-corrected chi connectivity index (χ0v) is 13.2. The van der Waals surface area contributed by atoms with Crippen LogP contribution < -0.4 is 5.32 Å². The van der Waals surface area contributed by atoms with Crippen molar-refractivity contribution in [2.75, 3.05) is 11.9 Å². The molecule has 0 spiro atoms. The second-order valence-corrected chi connectivity index (χ2v) is 5.41. The normalized spacial score (nSPS) is 18.0. The van der Waals surface area contributed by atoms with E-state index in [2.05, 4.69) is 47.5 Å². The standard InChI is InChI=1S/C17H21N5/c1-4-22-11-13(2)16(14-8-6-5-7-9-14)20-17(22)19-15-10-18-21(3)12-15/h5-12,17,19H,4H2,1-3H3. The molecule has 5 heteroatoms. The fraction of sp³-hybridized carbons (Fsp3) is 0.294. The first-order valence-corrected chi connectivity index (χ1v) is 7.50. The maximum Gasteiger partial charge on any atom is 0.196 e. The van der Waals surface area contributed by atoms with Gasteiger partial charge < -0.3 is 10.2 Å². The summed E-state index contributed by atoms with van der Waals surface area (Å²) in [4.78, 5) is 7.11. The molecule has 0 radical (unpaired) electrons. The number of aromatic nitrogens is 2. The number of nitrogens with zero attached hydrogens (tertiary/aromatic N) is 4. The van der Waals surface area contributed by atoms with Crippen molar-refractivity contribution >= 4 is 11.4 Å². The molecule has 1 aromatic heterocycles. The predicted molar refractivity (Wildman–Crippen MR) is 89.7 cm³/mol. The first-order chi connectivity index (χ1) is 10.7. The zero-order valence-electron chi connectivity index (χ0n) is 13.2. The summed E-state index contributed by atoms with van der Waals surface area (Å²) in [7, 11) is 1.91. The number of rotatable bonds is 4. The molecule has 1 aliphatic rings. The third-order valence-electron chi connectivity index (χ3n) is 3.71. The quantitative estimate of drug-likeness (QED) is 0.943.